The summed E-state index contributed by atoms with van der Waals surface area (Å²) in [4.78, 5) is 15.2. The van der Waals surface area contributed by atoms with Gasteiger partial charge in [0.1, 0.15) is 17.0 Å². The fourth-order valence-corrected chi connectivity index (χ4v) is 3.52. The van der Waals surface area contributed by atoms with Crippen LogP contribution in [0.2, 0.25) is 0 Å². The van der Waals surface area contributed by atoms with Crippen molar-refractivity contribution in [1.29, 1.82) is 0 Å². The number of rotatable bonds is 4. The maximum atomic E-state index is 6.22. The largest absolute Gasteiger partial charge is 0.394 e. The Morgan fingerprint density at radius 1 is 1.09 bits per heavy atom. The van der Waals surface area contributed by atoms with Crippen molar-refractivity contribution in [3.8, 4) is 0 Å². The van der Waals surface area contributed by atoms with Gasteiger partial charge >= 0.3 is 0 Å². The fourth-order valence-electron chi connectivity index (χ4n) is 1.91. The van der Waals surface area contributed by atoms with Crippen molar-refractivity contribution < 1.29 is 0 Å². The second kappa shape index (κ2) is 6.55. The van der Waals surface area contributed by atoms with E-state index in [0.29, 0.717) is 11.5 Å². The number of nitrogens with two attached hydrogens (primary N) is 1. The molecule has 23 heavy (non-hydrogen) atoms. The maximum Gasteiger partial charge on any atom is 0.188 e. The first-order valence-corrected chi connectivity index (χ1v) is 8.72. The van der Waals surface area contributed by atoms with Crippen molar-refractivity contribution in [2.75, 3.05) is 11.1 Å². The highest BCUT2D eigenvalue weighted by Gasteiger charge is 2.12. The van der Waals surface area contributed by atoms with Gasteiger partial charge in [-0.2, -0.15) is 0 Å². The van der Waals surface area contributed by atoms with Crippen LogP contribution in [0.1, 0.15) is 16.1 Å². The Morgan fingerprint density at radius 2 is 1.83 bits per heavy atom. The van der Waals surface area contributed by atoms with E-state index in [2.05, 4.69) is 51.5 Å². The Bertz CT molecular complexity index is 807. The molecule has 1 aromatic carbocycles. The quantitative estimate of drug-likeness (QED) is 0.686. The number of nitrogens with one attached hydrogen (secondary N) is 1. The van der Waals surface area contributed by atoms with E-state index in [-0.39, 0.29) is 0 Å². The monoisotopic (exact) mass is 343 g/mol. The molecule has 3 aromatic rings. The van der Waals surface area contributed by atoms with Gasteiger partial charge in [0.25, 0.3) is 0 Å². The summed E-state index contributed by atoms with van der Waals surface area (Å²) in [6.07, 6.45) is 1.52. The van der Waals surface area contributed by atoms with E-state index in [1.165, 1.54) is 28.5 Å². The molecule has 3 N–H and O–H groups in total. The van der Waals surface area contributed by atoms with Crippen LogP contribution < -0.4 is 11.1 Å². The van der Waals surface area contributed by atoms with Gasteiger partial charge in [0.2, 0.25) is 0 Å². The van der Waals surface area contributed by atoms with E-state index >= 15 is 0 Å². The molecule has 0 saturated heterocycles. The lowest BCUT2D eigenvalue weighted by molar-refractivity contribution is 1.06. The minimum atomic E-state index is 0.531. The van der Waals surface area contributed by atoms with Gasteiger partial charge in [-0.1, -0.05) is 29.5 Å². The van der Waals surface area contributed by atoms with Crippen LogP contribution in [0.4, 0.5) is 16.6 Å². The third-order valence-electron chi connectivity index (χ3n) is 3.34. The van der Waals surface area contributed by atoms with E-state index in [9.17, 15) is 0 Å². The smallest absolute Gasteiger partial charge is 0.188 e. The van der Waals surface area contributed by atoms with Gasteiger partial charge in [0.15, 0.2) is 10.9 Å². The first-order valence-electron chi connectivity index (χ1n) is 7.09. The van der Waals surface area contributed by atoms with E-state index < -0.39 is 0 Å². The van der Waals surface area contributed by atoms with Crippen LogP contribution in [0.15, 0.2) is 40.5 Å². The van der Waals surface area contributed by atoms with E-state index in [1.54, 1.807) is 11.3 Å². The number of benzene rings is 1. The number of nitrogens with zero attached hydrogens (tertiary/aromatic N) is 3. The molecule has 0 aliphatic carbocycles. The summed E-state index contributed by atoms with van der Waals surface area (Å²) in [5.74, 6) is 0.586. The molecule has 0 unspecified atom stereocenters. The standard InChI is InChI=1S/C16H17N5S2/c1-9-4-6-12(7-5-9)23-15-13(17)14(18-8-19-15)21-16-20-10(2)11(3)22-16/h4-8H,17H2,1-3H3,(H,18,19,20,21). The van der Waals surface area contributed by atoms with Gasteiger partial charge in [0, 0.05) is 9.77 Å². The van der Waals surface area contributed by atoms with Crippen LogP contribution in [-0.4, -0.2) is 15.0 Å². The normalized spacial score (nSPS) is 10.7. The van der Waals surface area contributed by atoms with E-state index in [1.807, 2.05) is 13.8 Å². The molecule has 0 aliphatic rings. The molecular formula is C16H17N5S2. The average molecular weight is 343 g/mol. The summed E-state index contributed by atoms with van der Waals surface area (Å²) >= 11 is 3.11. The van der Waals surface area contributed by atoms with Crippen molar-refractivity contribution in [2.24, 2.45) is 0 Å². The zero-order valence-corrected chi connectivity index (χ0v) is 14.8. The Morgan fingerprint density at radius 3 is 2.48 bits per heavy atom. The topological polar surface area (TPSA) is 76.7 Å². The van der Waals surface area contributed by atoms with E-state index in [0.717, 1.165) is 20.7 Å². The van der Waals surface area contributed by atoms with Crippen LogP contribution in [0, 0.1) is 20.8 Å². The zero-order chi connectivity index (χ0) is 16.4. The summed E-state index contributed by atoms with van der Waals surface area (Å²) in [5.41, 5.74) is 8.99. The molecule has 118 valence electrons. The number of hydrogen-bond donors (Lipinski definition) is 2. The third-order valence-corrected chi connectivity index (χ3v) is 5.35. The van der Waals surface area contributed by atoms with Crippen LogP contribution in [-0.2, 0) is 0 Å². The molecule has 2 aromatic heterocycles. The Labute approximate surface area is 143 Å². The van der Waals surface area contributed by atoms with Gasteiger partial charge in [-0.05, 0) is 32.9 Å². The Balaban J connectivity index is 1.84. The van der Waals surface area contributed by atoms with Gasteiger partial charge in [-0.15, -0.1) is 11.3 Å². The number of aryl methyl sites for hydroxylation is 3. The SMILES string of the molecule is Cc1ccc(Sc2ncnc(Nc3nc(C)c(C)s3)c2N)cc1. The molecule has 0 fully saturated rings. The molecule has 5 nitrogen and oxygen atoms in total. The predicted octanol–water partition coefficient (Wildman–Crippen LogP) is 4.34. The Kier molecular flexibility index (Phi) is 4.49. The van der Waals surface area contributed by atoms with Gasteiger partial charge in [-0.25, -0.2) is 15.0 Å². The van der Waals surface area contributed by atoms with Crippen LogP contribution in [0.3, 0.4) is 0 Å². The molecule has 0 saturated carbocycles. The number of hydrogen-bond acceptors (Lipinski definition) is 7. The molecule has 0 amide bonds. The van der Waals surface area contributed by atoms with E-state index in [4.69, 9.17) is 5.73 Å². The molecule has 0 atom stereocenters. The summed E-state index contributed by atoms with van der Waals surface area (Å²) < 4.78 is 0. The molecule has 0 aliphatic heterocycles. The Hall–Kier alpha value is -2.12. The third kappa shape index (κ3) is 3.62. The second-order valence-electron chi connectivity index (χ2n) is 5.14. The van der Waals surface area contributed by atoms with Crippen LogP contribution in [0.25, 0.3) is 0 Å². The van der Waals surface area contributed by atoms with Crippen molar-refractivity contribution in [2.45, 2.75) is 30.7 Å². The lowest BCUT2D eigenvalue weighted by atomic mass is 10.2. The fraction of sp³-hybridized carbons (Fsp3) is 0.188. The van der Waals surface area contributed by atoms with Crippen LogP contribution in [0.5, 0.6) is 0 Å². The molecular weight excluding hydrogens is 326 g/mol. The molecule has 0 spiro atoms. The molecule has 0 bridgehead atoms. The summed E-state index contributed by atoms with van der Waals surface area (Å²) in [6, 6.07) is 8.25. The average Bonchev–Trinajstić information content (AvgIpc) is 2.84. The predicted molar refractivity (Wildman–Crippen MR) is 96.6 cm³/mol. The molecule has 2 heterocycles. The summed E-state index contributed by atoms with van der Waals surface area (Å²) in [6.45, 7) is 6.09. The lowest BCUT2D eigenvalue weighted by Crippen LogP contribution is -2.02. The molecule has 7 heteroatoms. The first kappa shape index (κ1) is 15.8. The molecule has 0 radical (unpaired) electrons. The summed E-state index contributed by atoms with van der Waals surface area (Å²) in [7, 11) is 0. The number of anilines is 3. The second-order valence-corrected chi connectivity index (χ2v) is 7.41. The van der Waals surface area contributed by atoms with Crippen LogP contribution >= 0.6 is 23.1 Å². The number of aromatic nitrogens is 3. The number of nitrogen functional groups attached to an aromatic ring is 1. The highest BCUT2D eigenvalue weighted by molar-refractivity contribution is 7.99. The van der Waals surface area contributed by atoms with Gasteiger partial charge in [-0.3, -0.25) is 0 Å². The van der Waals surface area contributed by atoms with Gasteiger partial charge in [0.05, 0.1) is 5.69 Å². The highest BCUT2D eigenvalue weighted by atomic mass is 32.2. The van der Waals surface area contributed by atoms with Crippen molar-refractivity contribution in [3.63, 3.8) is 0 Å². The minimum absolute atomic E-state index is 0.531. The molecule has 3 rings (SSSR count). The van der Waals surface area contributed by atoms with Crippen molar-refractivity contribution >= 4 is 39.7 Å². The lowest BCUT2D eigenvalue weighted by Gasteiger charge is -2.09. The first-order chi connectivity index (χ1) is 11.0. The zero-order valence-electron chi connectivity index (χ0n) is 13.1. The highest BCUT2D eigenvalue weighted by Crippen LogP contribution is 2.34. The van der Waals surface area contributed by atoms with Gasteiger partial charge < -0.3 is 11.1 Å². The van der Waals surface area contributed by atoms with Crippen molar-refractivity contribution in [1.82, 2.24) is 15.0 Å². The summed E-state index contributed by atoms with van der Waals surface area (Å²) in [5, 5.41) is 4.71. The van der Waals surface area contributed by atoms with Crippen molar-refractivity contribution in [3.05, 3.63) is 46.7 Å². The maximum absolute atomic E-state index is 6.22. The number of thiazole rings is 1. The minimum Gasteiger partial charge on any atom is -0.394 e.